The van der Waals surface area contributed by atoms with Crippen LogP contribution in [-0.4, -0.2) is 25.7 Å². The van der Waals surface area contributed by atoms with Gasteiger partial charge in [0.1, 0.15) is 0 Å². The summed E-state index contributed by atoms with van der Waals surface area (Å²) in [7, 11) is -2.04. The predicted molar refractivity (Wildman–Crippen MR) is 116 cm³/mol. The van der Waals surface area contributed by atoms with Crippen molar-refractivity contribution < 1.29 is 13.2 Å². The van der Waals surface area contributed by atoms with Crippen molar-refractivity contribution in [3.8, 4) is 0 Å². The second-order valence-corrected chi connectivity index (χ2v) is 9.21. The SMILES string of the molecule is Cc1ccc(S(=O)(=O)N(C)Cc2ccc(C(=O)Nc3ccc(Cl)cc3)cc2)cc1. The molecule has 0 unspecified atom stereocenters. The normalized spacial score (nSPS) is 11.4. The first kappa shape index (κ1) is 21.0. The van der Waals surface area contributed by atoms with E-state index in [4.69, 9.17) is 11.6 Å². The van der Waals surface area contributed by atoms with Crippen LogP contribution in [0.1, 0.15) is 21.5 Å². The summed E-state index contributed by atoms with van der Waals surface area (Å²) in [6.45, 7) is 2.11. The predicted octanol–water partition coefficient (Wildman–Crippen LogP) is 4.72. The van der Waals surface area contributed by atoms with E-state index in [1.165, 1.54) is 11.4 Å². The van der Waals surface area contributed by atoms with Gasteiger partial charge in [-0.05, 0) is 61.0 Å². The number of carbonyl (C=O) groups is 1. The molecule has 29 heavy (non-hydrogen) atoms. The van der Waals surface area contributed by atoms with Crippen molar-refractivity contribution in [1.29, 1.82) is 0 Å². The second-order valence-electron chi connectivity index (χ2n) is 6.73. The molecule has 0 bridgehead atoms. The number of benzene rings is 3. The zero-order valence-corrected chi connectivity index (χ0v) is 17.7. The Kier molecular flexibility index (Phi) is 6.37. The topological polar surface area (TPSA) is 66.5 Å². The van der Waals surface area contributed by atoms with Gasteiger partial charge in [-0.3, -0.25) is 4.79 Å². The summed E-state index contributed by atoms with van der Waals surface area (Å²) in [6.07, 6.45) is 0. The third-order valence-corrected chi connectivity index (χ3v) is 6.52. The molecule has 0 heterocycles. The Bertz CT molecular complexity index is 1090. The van der Waals surface area contributed by atoms with Crippen LogP contribution in [0.25, 0.3) is 0 Å². The number of nitrogens with one attached hydrogen (secondary N) is 1. The van der Waals surface area contributed by atoms with E-state index in [2.05, 4.69) is 5.32 Å². The third kappa shape index (κ3) is 5.23. The van der Waals surface area contributed by atoms with E-state index < -0.39 is 10.0 Å². The molecule has 0 radical (unpaired) electrons. The lowest BCUT2D eigenvalue weighted by molar-refractivity contribution is 0.102. The Labute approximate surface area is 176 Å². The van der Waals surface area contributed by atoms with Crippen LogP contribution in [-0.2, 0) is 16.6 Å². The molecule has 1 N–H and O–H groups in total. The molecular formula is C22H21ClN2O3S. The third-order valence-electron chi connectivity index (χ3n) is 4.45. The number of rotatable bonds is 6. The van der Waals surface area contributed by atoms with Gasteiger partial charge in [0.15, 0.2) is 0 Å². The fraction of sp³-hybridized carbons (Fsp3) is 0.136. The van der Waals surface area contributed by atoms with E-state index in [0.29, 0.717) is 16.3 Å². The van der Waals surface area contributed by atoms with Crippen LogP contribution >= 0.6 is 11.6 Å². The highest BCUT2D eigenvalue weighted by molar-refractivity contribution is 7.89. The first-order valence-corrected chi connectivity index (χ1v) is 10.8. The summed E-state index contributed by atoms with van der Waals surface area (Å²) in [4.78, 5) is 12.6. The van der Waals surface area contributed by atoms with Crippen molar-refractivity contribution in [3.63, 3.8) is 0 Å². The number of aryl methyl sites for hydroxylation is 1. The molecule has 0 fully saturated rings. The summed E-state index contributed by atoms with van der Waals surface area (Å²) in [5.41, 5.74) is 2.91. The molecular weight excluding hydrogens is 408 g/mol. The van der Waals surface area contributed by atoms with Crippen molar-refractivity contribution in [2.45, 2.75) is 18.4 Å². The average Bonchev–Trinajstić information content (AvgIpc) is 2.70. The van der Waals surface area contributed by atoms with Gasteiger partial charge in [0, 0.05) is 29.9 Å². The summed E-state index contributed by atoms with van der Waals surface area (Å²) >= 11 is 5.84. The molecule has 0 spiro atoms. The molecule has 3 aromatic rings. The van der Waals surface area contributed by atoms with Gasteiger partial charge in [0.25, 0.3) is 5.91 Å². The summed E-state index contributed by atoms with van der Waals surface area (Å²) in [6, 6.07) is 20.4. The molecule has 150 valence electrons. The fourth-order valence-corrected chi connectivity index (χ4v) is 4.02. The van der Waals surface area contributed by atoms with Gasteiger partial charge in [0.05, 0.1) is 4.90 Å². The first-order valence-electron chi connectivity index (χ1n) is 8.94. The van der Waals surface area contributed by atoms with Gasteiger partial charge < -0.3 is 5.32 Å². The zero-order valence-electron chi connectivity index (χ0n) is 16.1. The minimum Gasteiger partial charge on any atom is -0.322 e. The van der Waals surface area contributed by atoms with Gasteiger partial charge in [-0.2, -0.15) is 4.31 Å². The quantitative estimate of drug-likeness (QED) is 0.617. The van der Waals surface area contributed by atoms with E-state index >= 15 is 0 Å². The smallest absolute Gasteiger partial charge is 0.255 e. The average molecular weight is 429 g/mol. The Morgan fingerprint density at radius 3 is 2.10 bits per heavy atom. The number of nitrogens with zero attached hydrogens (tertiary/aromatic N) is 1. The van der Waals surface area contributed by atoms with Gasteiger partial charge in [-0.15, -0.1) is 0 Å². The maximum atomic E-state index is 12.7. The number of amides is 1. The standard InChI is InChI=1S/C22H21ClN2O3S/c1-16-3-13-21(14-4-16)29(27,28)25(2)15-17-5-7-18(8-6-17)22(26)24-20-11-9-19(23)10-12-20/h3-14H,15H2,1-2H3,(H,24,26). The lowest BCUT2D eigenvalue weighted by Gasteiger charge is -2.17. The Morgan fingerprint density at radius 1 is 0.931 bits per heavy atom. The highest BCUT2D eigenvalue weighted by atomic mass is 35.5. The van der Waals surface area contributed by atoms with E-state index in [1.54, 1.807) is 72.8 Å². The van der Waals surface area contributed by atoms with Crippen LogP contribution in [0.3, 0.4) is 0 Å². The van der Waals surface area contributed by atoms with Crippen molar-refractivity contribution in [2.24, 2.45) is 0 Å². The number of hydrogen-bond donors (Lipinski definition) is 1. The van der Waals surface area contributed by atoms with Crippen LogP contribution in [0.15, 0.2) is 77.7 Å². The van der Waals surface area contributed by atoms with Crippen molar-refractivity contribution in [2.75, 3.05) is 12.4 Å². The second kappa shape index (κ2) is 8.78. The molecule has 0 atom stereocenters. The highest BCUT2D eigenvalue weighted by Gasteiger charge is 2.20. The summed E-state index contributed by atoms with van der Waals surface area (Å²) < 4.78 is 26.7. The number of hydrogen-bond acceptors (Lipinski definition) is 3. The van der Waals surface area contributed by atoms with Gasteiger partial charge in [-0.25, -0.2) is 8.42 Å². The number of sulfonamides is 1. The number of halogens is 1. The molecule has 0 aliphatic heterocycles. The maximum absolute atomic E-state index is 12.7. The Hall–Kier alpha value is -2.67. The Morgan fingerprint density at radius 2 is 1.52 bits per heavy atom. The van der Waals surface area contributed by atoms with Gasteiger partial charge in [0.2, 0.25) is 10.0 Å². The summed E-state index contributed by atoms with van der Waals surface area (Å²) in [5, 5.41) is 3.39. The fourth-order valence-electron chi connectivity index (χ4n) is 2.73. The largest absolute Gasteiger partial charge is 0.322 e. The number of carbonyl (C=O) groups excluding carboxylic acids is 1. The molecule has 0 saturated heterocycles. The minimum atomic E-state index is -3.58. The molecule has 7 heteroatoms. The highest BCUT2D eigenvalue weighted by Crippen LogP contribution is 2.18. The van der Waals surface area contributed by atoms with Crippen LogP contribution in [0.4, 0.5) is 5.69 Å². The summed E-state index contributed by atoms with van der Waals surface area (Å²) in [5.74, 6) is -0.250. The Balaban J connectivity index is 1.67. The first-order chi connectivity index (χ1) is 13.8. The zero-order chi connectivity index (χ0) is 21.0. The molecule has 0 saturated carbocycles. The van der Waals surface area contributed by atoms with Crippen LogP contribution < -0.4 is 5.32 Å². The molecule has 3 rings (SSSR count). The van der Waals surface area contributed by atoms with Gasteiger partial charge in [-0.1, -0.05) is 41.4 Å². The van der Waals surface area contributed by atoms with Crippen molar-refractivity contribution in [1.82, 2.24) is 4.31 Å². The van der Waals surface area contributed by atoms with Crippen LogP contribution in [0, 0.1) is 6.92 Å². The van der Waals surface area contributed by atoms with Crippen molar-refractivity contribution in [3.05, 3.63) is 94.5 Å². The molecule has 3 aromatic carbocycles. The van der Waals surface area contributed by atoms with Crippen LogP contribution in [0.2, 0.25) is 5.02 Å². The molecule has 0 aliphatic rings. The number of anilines is 1. The van der Waals surface area contributed by atoms with E-state index in [1.807, 2.05) is 6.92 Å². The van der Waals surface area contributed by atoms with E-state index in [9.17, 15) is 13.2 Å². The molecule has 0 aromatic heterocycles. The molecule has 0 aliphatic carbocycles. The molecule has 5 nitrogen and oxygen atoms in total. The lowest BCUT2D eigenvalue weighted by atomic mass is 10.1. The van der Waals surface area contributed by atoms with E-state index in [0.717, 1.165) is 11.1 Å². The van der Waals surface area contributed by atoms with Gasteiger partial charge >= 0.3 is 0 Å². The monoisotopic (exact) mass is 428 g/mol. The molecule has 1 amide bonds. The minimum absolute atomic E-state index is 0.204. The van der Waals surface area contributed by atoms with Crippen molar-refractivity contribution >= 4 is 33.2 Å². The lowest BCUT2D eigenvalue weighted by Crippen LogP contribution is -2.26. The van der Waals surface area contributed by atoms with E-state index in [-0.39, 0.29) is 17.3 Å². The maximum Gasteiger partial charge on any atom is 0.255 e. The van der Waals surface area contributed by atoms with Crippen LogP contribution in [0.5, 0.6) is 0 Å².